The maximum atomic E-state index is 12.4. The van der Waals surface area contributed by atoms with Gasteiger partial charge in [-0.2, -0.15) is 0 Å². The van der Waals surface area contributed by atoms with Crippen molar-refractivity contribution in [2.75, 3.05) is 0 Å². The maximum Gasteiger partial charge on any atom is 0.261 e. The minimum Gasteiger partial charge on any atom is -0.481 e. The zero-order valence-corrected chi connectivity index (χ0v) is 14.2. The molecule has 0 saturated heterocycles. The lowest BCUT2D eigenvalue weighted by atomic mass is 9.92. The van der Waals surface area contributed by atoms with Crippen LogP contribution >= 0.6 is 0 Å². The third-order valence-electron chi connectivity index (χ3n) is 4.59. The van der Waals surface area contributed by atoms with E-state index in [2.05, 4.69) is 31.3 Å². The Morgan fingerprint density at radius 3 is 2.41 bits per heavy atom. The molecule has 122 valence electrons. The standard InChI is InChI=1S/C19H29NO2/c1-4-16(5-2)20-19(21)18(6-3)22-17-12-11-14-9-7-8-10-15(14)13-17/h11-13,16,18H,4-10H2,1-3H3,(H,20,21). The molecule has 0 aliphatic heterocycles. The third-order valence-corrected chi connectivity index (χ3v) is 4.59. The Kier molecular flexibility index (Phi) is 6.29. The van der Waals surface area contributed by atoms with Gasteiger partial charge in [-0.3, -0.25) is 4.79 Å². The molecule has 22 heavy (non-hydrogen) atoms. The number of amides is 1. The Morgan fingerprint density at radius 1 is 1.09 bits per heavy atom. The molecule has 0 radical (unpaired) electrons. The lowest BCUT2D eigenvalue weighted by Gasteiger charge is -2.22. The van der Waals surface area contributed by atoms with E-state index < -0.39 is 6.10 Å². The van der Waals surface area contributed by atoms with Gasteiger partial charge in [0, 0.05) is 6.04 Å². The fourth-order valence-electron chi connectivity index (χ4n) is 3.06. The molecular formula is C19H29NO2. The largest absolute Gasteiger partial charge is 0.481 e. The van der Waals surface area contributed by atoms with Crippen molar-refractivity contribution in [3.63, 3.8) is 0 Å². The van der Waals surface area contributed by atoms with Gasteiger partial charge in [-0.1, -0.05) is 26.8 Å². The normalized spacial score (nSPS) is 15.3. The van der Waals surface area contributed by atoms with Gasteiger partial charge in [0.25, 0.3) is 5.91 Å². The second kappa shape index (κ2) is 8.21. The number of hydrogen-bond acceptors (Lipinski definition) is 2. The average Bonchev–Trinajstić information content (AvgIpc) is 2.57. The summed E-state index contributed by atoms with van der Waals surface area (Å²) in [6, 6.07) is 6.54. The minimum atomic E-state index is -0.401. The summed E-state index contributed by atoms with van der Waals surface area (Å²) in [5.41, 5.74) is 2.83. The molecule has 0 spiro atoms. The highest BCUT2D eigenvalue weighted by atomic mass is 16.5. The van der Waals surface area contributed by atoms with Crippen LogP contribution < -0.4 is 10.1 Å². The van der Waals surface area contributed by atoms with Gasteiger partial charge in [0.05, 0.1) is 0 Å². The first-order valence-corrected chi connectivity index (χ1v) is 8.76. The summed E-state index contributed by atoms with van der Waals surface area (Å²) in [4.78, 5) is 12.4. The van der Waals surface area contributed by atoms with E-state index in [0.717, 1.165) is 25.0 Å². The third kappa shape index (κ3) is 4.25. The first kappa shape index (κ1) is 16.9. The molecule has 1 N–H and O–H groups in total. The van der Waals surface area contributed by atoms with Crippen molar-refractivity contribution in [1.82, 2.24) is 5.32 Å². The fourth-order valence-corrected chi connectivity index (χ4v) is 3.06. The summed E-state index contributed by atoms with van der Waals surface area (Å²) in [6.45, 7) is 6.19. The van der Waals surface area contributed by atoms with Gasteiger partial charge in [0.2, 0.25) is 0 Å². The number of ether oxygens (including phenoxy) is 1. The molecule has 0 bridgehead atoms. The topological polar surface area (TPSA) is 38.3 Å². The number of fused-ring (bicyclic) bond motifs is 1. The zero-order chi connectivity index (χ0) is 15.9. The van der Waals surface area contributed by atoms with Crippen LogP contribution in [-0.4, -0.2) is 18.1 Å². The van der Waals surface area contributed by atoms with Gasteiger partial charge in [-0.15, -0.1) is 0 Å². The Balaban J connectivity index is 2.01. The van der Waals surface area contributed by atoms with Crippen LogP contribution in [0, 0.1) is 0 Å². The number of hydrogen-bond donors (Lipinski definition) is 1. The number of benzene rings is 1. The summed E-state index contributed by atoms with van der Waals surface area (Å²) >= 11 is 0. The van der Waals surface area contributed by atoms with Crippen LogP contribution in [0.2, 0.25) is 0 Å². The molecule has 1 aliphatic rings. The van der Waals surface area contributed by atoms with Crippen LogP contribution in [0.4, 0.5) is 0 Å². The highest BCUT2D eigenvalue weighted by molar-refractivity contribution is 5.81. The highest BCUT2D eigenvalue weighted by Gasteiger charge is 2.21. The number of nitrogens with one attached hydrogen (secondary N) is 1. The SMILES string of the molecule is CCC(CC)NC(=O)C(CC)Oc1ccc2c(c1)CCCC2. The number of aryl methyl sites for hydroxylation is 2. The van der Waals surface area contributed by atoms with Gasteiger partial charge in [0.15, 0.2) is 6.10 Å². The second-order valence-electron chi connectivity index (χ2n) is 6.17. The van der Waals surface area contributed by atoms with E-state index in [1.165, 1.54) is 30.4 Å². The van der Waals surface area contributed by atoms with Crippen LogP contribution in [0.15, 0.2) is 18.2 Å². The van der Waals surface area contributed by atoms with Crippen LogP contribution in [0.3, 0.4) is 0 Å². The van der Waals surface area contributed by atoms with E-state index in [-0.39, 0.29) is 11.9 Å². The minimum absolute atomic E-state index is 0.00826. The predicted octanol–water partition coefficient (Wildman–Crippen LogP) is 4.03. The van der Waals surface area contributed by atoms with Crippen LogP contribution in [0.25, 0.3) is 0 Å². The van der Waals surface area contributed by atoms with Crippen molar-refractivity contribution in [1.29, 1.82) is 0 Å². The maximum absolute atomic E-state index is 12.4. The fraction of sp³-hybridized carbons (Fsp3) is 0.632. The Hall–Kier alpha value is -1.51. The summed E-state index contributed by atoms with van der Waals surface area (Å²) in [7, 11) is 0. The van der Waals surface area contributed by atoms with E-state index in [1.807, 2.05) is 13.0 Å². The van der Waals surface area contributed by atoms with Gasteiger partial charge < -0.3 is 10.1 Å². The number of carbonyl (C=O) groups is 1. The van der Waals surface area contributed by atoms with E-state index in [4.69, 9.17) is 4.74 Å². The molecular weight excluding hydrogens is 274 g/mol. The smallest absolute Gasteiger partial charge is 0.261 e. The van der Waals surface area contributed by atoms with Crippen molar-refractivity contribution in [2.24, 2.45) is 0 Å². The molecule has 3 heteroatoms. The quantitative estimate of drug-likeness (QED) is 0.826. The molecule has 1 atom stereocenters. The number of carbonyl (C=O) groups excluding carboxylic acids is 1. The first-order chi connectivity index (χ1) is 10.7. The van der Waals surface area contributed by atoms with E-state index in [0.29, 0.717) is 6.42 Å². The molecule has 3 nitrogen and oxygen atoms in total. The van der Waals surface area contributed by atoms with Gasteiger partial charge >= 0.3 is 0 Å². The van der Waals surface area contributed by atoms with Crippen molar-refractivity contribution in [3.8, 4) is 5.75 Å². The van der Waals surface area contributed by atoms with E-state index in [9.17, 15) is 4.79 Å². The highest BCUT2D eigenvalue weighted by Crippen LogP contribution is 2.26. The zero-order valence-electron chi connectivity index (χ0n) is 14.2. The molecule has 1 aliphatic carbocycles. The molecule has 1 aromatic rings. The lowest BCUT2D eigenvalue weighted by molar-refractivity contribution is -0.128. The second-order valence-corrected chi connectivity index (χ2v) is 6.17. The molecule has 1 unspecified atom stereocenters. The van der Waals surface area contributed by atoms with Crippen LogP contribution in [0.1, 0.15) is 64.0 Å². The monoisotopic (exact) mass is 303 g/mol. The Bertz CT molecular complexity index is 494. The number of rotatable bonds is 7. The Morgan fingerprint density at radius 2 is 1.77 bits per heavy atom. The average molecular weight is 303 g/mol. The van der Waals surface area contributed by atoms with Crippen molar-refractivity contribution >= 4 is 5.91 Å². The summed E-state index contributed by atoms with van der Waals surface area (Å²) in [6.07, 6.45) is 7.02. The van der Waals surface area contributed by atoms with Crippen molar-refractivity contribution < 1.29 is 9.53 Å². The predicted molar refractivity (Wildman–Crippen MR) is 90.3 cm³/mol. The molecule has 0 aromatic heterocycles. The van der Waals surface area contributed by atoms with Crippen molar-refractivity contribution in [2.45, 2.75) is 77.9 Å². The molecule has 0 heterocycles. The summed E-state index contributed by atoms with van der Waals surface area (Å²) in [5.74, 6) is 0.834. The molecule has 0 fully saturated rings. The molecule has 1 amide bonds. The van der Waals surface area contributed by atoms with Crippen LogP contribution in [-0.2, 0) is 17.6 Å². The first-order valence-electron chi connectivity index (χ1n) is 8.76. The van der Waals surface area contributed by atoms with E-state index in [1.54, 1.807) is 0 Å². The summed E-state index contributed by atoms with van der Waals surface area (Å²) < 4.78 is 5.97. The summed E-state index contributed by atoms with van der Waals surface area (Å²) in [5, 5.41) is 3.09. The lowest BCUT2D eigenvalue weighted by Crippen LogP contribution is -2.43. The van der Waals surface area contributed by atoms with Gasteiger partial charge in [-0.05, 0) is 68.2 Å². The van der Waals surface area contributed by atoms with Gasteiger partial charge in [0.1, 0.15) is 5.75 Å². The molecule has 0 saturated carbocycles. The Labute approximate surface area is 134 Å². The van der Waals surface area contributed by atoms with Crippen LogP contribution in [0.5, 0.6) is 5.75 Å². The molecule has 2 rings (SSSR count). The van der Waals surface area contributed by atoms with Gasteiger partial charge in [-0.25, -0.2) is 0 Å². The van der Waals surface area contributed by atoms with E-state index >= 15 is 0 Å². The van der Waals surface area contributed by atoms with Crippen molar-refractivity contribution in [3.05, 3.63) is 29.3 Å². The molecule has 1 aromatic carbocycles.